The van der Waals surface area contributed by atoms with Crippen LogP contribution in [0.3, 0.4) is 0 Å². The Morgan fingerprint density at radius 3 is 2.73 bits per heavy atom. The summed E-state index contributed by atoms with van der Waals surface area (Å²) in [6.07, 6.45) is 1.43. The minimum Gasteiger partial charge on any atom is -0.500 e. The third kappa shape index (κ3) is 3.72. The lowest BCUT2D eigenvalue weighted by Crippen LogP contribution is -2.05. The van der Waals surface area contributed by atoms with Crippen molar-refractivity contribution in [1.82, 2.24) is 5.43 Å². The van der Waals surface area contributed by atoms with Crippen molar-refractivity contribution >= 4 is 11.9 Å². The molecule has 0 unspecified atom stereocenters. The summed E-state index contributed by atoms with van der Waals surface area (Å²) in [5.74, 6) is -0.472. The van der Waals surface area contributed by atoms with Crippen molar-refractivity contribution in [1.29, 1.82) is 0 Å². The Kier molecular flexibility index (Phi) is 4.92. The third-order valence-corrected chi connectivity index (χ3v) is 2.92. The first-order valence-corrected chi connectivity index (χ1v) is 6.47. The number of nitrogens with one attached hydrogen (secondary N) is 1. The molecule has 2 rings (SSSR count). The van der Waals surface area contributed by atoms with Crippen LogP contribution in [0, 0.1) is 10.1 Å². The molecule has 0 aliphatic rings. The summed E-state index contributed by atoms with van der Waals surface area (Å²) in [4.78, 5) is 10.2. The molecular formula is C15H15N3O4. The molecule has 0 aromatic heterocycles. The summed E-state index contributed by atoms with van der Waals surface area (Å²) in [5.41, 5.74) is 3.93. The zero-order valence-electron chi connectivity index (χ0n) is 11.9. The number of nitro benzene ring substituents is 1. The van der Waals surface area contributed by atoms with Gasteiger partial charge in [-0.05, 0) is 11.6 Å². The van der Waals surface area contributed by atoms with E-state index in [0.29, 0.717) is 12.1 Å². The summed E-state index contributed by atoms with van der Waals surface area (Å²) in [5, 5.41) is 24.6. The fourth-order valence-electron chi connectivity index (χ4n) is 1.84. The van der Waals surface area contributed by atoms with E-state index in [1.54, 1.807) is 0 Å². The van der Waals surface area contributed by atoms with Crippen molar-refractivity contribution in [3.63, 3.8) is 0 Å². The number of nitrogens with zero attached hydrogens (tertiary/aromatic N) is 2. The number of hydrazone groups is 1. The molecule has 0 aliphatic carbocycles. The standard InChI is InChI=1S/C15H15N3O4/c1-22-14-8-12(7-13(15(14)19)18(20)21)10-17-16-9-11-5-3-2-4-6-11/h2-8,10,16,19H,9H2,1H3. The van der Waals surface area contributed by atoms with E-state index in [4.69, 9.17) is 4.74 Å². The number of nitro groups is 1. The summed E-state index contributed by atoms with van der Waals surface area (Å²) in [6, 6.07) is 12.4. The predicted molar refractivity (Wildman–Crippen MR) is 82.2 cm³/mol. The highest BCUT2D eigenvalue weighted by Crippen LogP contribution is 2.36. The Labute approximate surface area is 127 Å². The number of phenols is 1. The Balaban J connectivity index is 2.10. The number of hydrogen-bond acceptors (Lipinski definition) is 6. The number of aromatic hydroxyl groups is 1. The summed E-state index contributed by atoms with van der Waals surface area (Å²) >= 11 is 0. The first kappa shape index (κ1) is 15.3. The van der Waals surface area contributed by atoms with Crippen molar-refractivity contribution in [2.75, 3.05) is 7.11 Å². The molecule has 0 aliphatic heterocycles. The highest BCUT2D eigenvalue weighted by atomic mass is 16.6. The van der Waals surface area contributed by atoms with Gasteiger partial charge in [-0.2, -0.15) is 5.10 Å². The van der Waals surface area contributed by atoms with Crippen LogP contribution in [0.25, 0.3) is 0 Å². The van der Waals surface area contributed by atoms with Crippen molar-refractivity contribution in [2.24, 2.45) is 5.10 Å². The number of phenolic OH excluding ortho intramolecular Hbond substituents is 1. The zero-order chi connectivity index (χ0) is 15.9. The smallest absolute Gasteiger partial charge is 0.315 e. The van der Waals surface area contributed by atoms with E-state index >= 15 is 0 Å². The average Bonchev–Trinajstić information content (AvgIpc) is 2.53. The molecule has 0 saturated heterocycles. The van der Waals surface area contributed by atoms with Gasteiger partial charge in [-0.3, -0.25) is 10.1 Å². The molecule has 7 heteroatoms. The van der Waals surface area contributed by atoms with E-state index in [2.05, 4.69) is 10.5 Å². The van der Waals surface area contributed by atoms with Crippen LogP contribution >= 0.6 is 0 Å². The molecule has 0 bridgehead atoms. The van der Waals surface area contributed by atoms with E-state index in [9.17, 15) is 15.2 Å². The van der Waals surface area contributed by atoms with Crippen LogP contribution in [0.1, 0.15) is 11.1 Å². The molecule has 0 saturated carbocycles. The lowest BCUT2D eigenvalue weighted by Gasteiger charge is -2.05. The van der Waals surface area contributed by atoms with E-state index in [1.807, 2.05) is 30.3 Å². The molecular weight excluding hydrogens is 286 g/mol. The minimum atomic E-state index is -0.674. The van der Waals surface area contributed by atoms with Gasteiger partial charge in [0.2, 0.25) is 5.75 Å². The molecule has 0 radical (unpaired) electrons. The molecule has 2 aromatic rings. The predicted octanol–water partition coefficient (Wildman–Crippen LogP) is 2.43. The maximum absolute atomic E-state index is 10.9. The van der Waals surface area contributed by atoms with Crippen LogP contribution in [0.15, 0.2) is 47.6 Å². The molecule has 0 amide bonds. The summed E-state index contributed by atoms with van der Waals surface area (Å²) in [6.45, 7) is 0.536. The van der Waals surface area contributed by atoms with Crippen molar-refractivity contribution in [3.05, 3.63) is 63.7 Å². The number of benzene rings is 2. The average molecular weight is 301 g/mol. The van der Waals surface area contributed by atoms with Gasteiger partial charge in [0.15, 0.2) is 5.75 Å². The Morgan fingerprint density at radius 2 is 2.09 bits per heavy atom. The van der Waals surface area contributed by atoms with Crippen molar-refractivity contribution in [3.8, 4) is 11.5 Å². The van der Waals surface area contributed by atoms with Crippen LogP contribution in [-0.4, -0.2) is 23.4 Å². The lowest BCUT2D eigenvalue weighted by molar-refractivity contribution is -0.386. The van der Waals surface area contributed by atoms with Crippen LogP contribution in [0.4, 0.5) is 5.69 Å². The van der Waals surface area contributed by atoms with Crippen molar-refractivity contribution in [2.45, 2.75) is 6.54 Å². The second kappa shape index (κ2) is 7.07. The van der Waals surface area contributed by atoms with Gasteiger partial charge in [0.1, 0.15) is 0 Å². The Morgan fingerprint density at radius 1 is 1.36 bits per heavy atom. The maximum Gasteiger partial charge on any atom is 0.315 e. The van der Waals surface area contributed by atoms with Crippen LogP contribution in [0.2, 0.25) is 0 Å². The molecule has 22 heavy (non-hydrogen) atoms. The monoisotopic (exact) mass is 301 g/mol. The number of methoxy groups -OCH3 is 1. The normalized spacial score (nSPS) is 10.6. The fourth-order valence-corrected chi connectivity index (χ4v) is 1.84. The van der Waals surface area contributed by atoms with Gasteiger partial charge in [0, 0.05) is 11.6 Å². The van der Waals surface area contributed by atoms with Gasteiger partial charge in [0.05, 0.1) is 24.8 Å². The van der Waals surface area contributed by atoms with Crippen LogP contribution in [0.5, 0.6) is 11.5 Å². The van der Waals surface area contributed by atoms with E-state index < -0.39 is 16.4 Å². The molecule has 0 fully saturated rings. The summed E-state index contributed by atoms with van der Waals surface area (Å²) < 4.78 is 4.92. The van der Waals surface area contributed by atoms with Gasteiger partial charge in [0.25, 0.3) is 0 Å². The third-order valence-electron chi connectivity index (χ3n) is 2.92. The quantitative estimate of drug-likeness (QED) is 0.485. The molecule has 2 aromatic carbocycles. The van der Waals surface area contributed by atoms with Gasteiger partial charge in [-0.1, -0.05) is 30.3 Å². The highest BCUT2D eigenvalue weighted by molar-refractivity contribution is 5.83. The molecule has 0 spiro atoms. The number of hydrogen-bond donors (Lipinski definition) is 2. The first-order valence-electron chi connectivity index (χ1n) is 6.47. The van der Waals surface area contributed by atoms with Gasteiger partial charge in [-0.25, -0.2) is 0 Å². The van der Waals surface area contributed by atoms with E-state index in [1.165, 1.54) is 25.5 Å². The zero-order valence-corrected chi connectivity index (χ0v) is 11.9. The fraction of sp³-hybridized carbons (Fsp3) is 0.133. The number of rotatable bonds is 6. The SMILES string of the molecule is COc1cc(C=NNCc2ccccc2)cc([N+](=O)[O-])c1O. The summed E-state index contributed by atoms with van der Waals surface area (Å²) in [7, 11) is 1.33. The lowest BCUT2D eigenvalue weighted by atomic mass is 10.2. The van der Waals surface area contributed by atoms with Crippen LogP contribution < -0.4 is 10.2 Å². The van der Waals surface area contributed by atoms with Crippen molar-refractivity contribution < 1.29 is 14.8 Å². The van der Waals surface area contributed by atoms with Gasteiger partial charge in [-0.15, -0.1) is 0 Å². The van der Waals surface area contributed by atoms with Crippen LogP contribution in [-0.2, 0) is 6.54 Å². The Hall–Kier alpha value is -3.09. The molecule has 0 atom stereocenters. The topological polar surface area (TPSA) is 97.0 Å². The second-order valence-electron chi connectivity index (χ2n) is 4.43. The first-order chi connectivity index (χ1) is 10.6. The largest absolute Gasteiger partial charge is 0.500 e. The Bertz CT molecular complexity index is 687. The molecule has 7 nitrogen and oxygen atoms in total. The minimum absolute atomic E-state index is 0.0266. The van der Waals surface area contributed by atoms with Gasteiger partial charge < -0.3 is 15.3 Å². The maximum atomic E-state index is 10.9. The van der Waals surface area contributed by atoms with E-state index in [0.717, 1.165) is 5.56 Å². The molecule has 2 N–H and O–H groups in total. The highest BCUT2D eigenvalue weighted by Gasteiger charge is 2.19. The van der Waals surface area contributed by atoms with Gasteiger partial charge >= 0.3 is 5.69 Å². The van der Waals surface area contributed by atoms with E-state index in [-0.39, 0.29) is 5.75 Å². The number of ether oxygens (including phenoxy) is 1. The second-order valence-corrected chi connectivity index (χ2v) is 4.43. The molecule has 0 heterocycles. The molecule has 114 valence electrons.